The number of nitrogens with zero attached hydrogens (tertiary/aromatic N) is 2. The third-order valence-corrected chi connectivity index (χ3v) is 2.29. The number of aryl methyl sites for hydroxylation is 1. The molecule has 1 rings (SSSR count). The van der Waals surface area contributed by atoms with Gasteiger partial charge < -0.3 is 10.6 Å². The summed E-state index contributed by atoms with van der Waals surface area (Å²) in [6.45, 7) is 6.33. The third kappa shape index (κ3) is 8.33. The quantitative estimate of drug-likeness (QED) is 0.796. The monoisotopic (exact) mass is 296 g/mol. The number of amides is 1. The maximum absolute atomic E-state index is 11.5. The Bertz CT molecular complexity index is 306. The summed E-state index contributed by atoms with van der Waals surface area (Å²) in [5.41, 5.74) is 0. The van der Waals surface area contributed by atoms with Crippen molar-refractivity contribution in [3.05, 3.63) is 18.5 Å². The molecule has 0 saturated heterocycles. The van der Waals surface area contributed by atoms with Crippen molar-refractivity contribution in [3.63, 3.8) is 0 Å². The third-order valence-electron chi connectivity index (χ3n) is 2.29. The minimum Gasteiger partial charge on any atom is -0.354 e. The predicted octanol–water partition coefficient (Wildman–Crippen LogP) is 1.23. The predicted molar refractivity (Wildman–Crippen MR) is 77.5 cm³/mol. The van der Waals surface area contributed by atoms with Gasteiger partial charge in [-0.2, -0.15) is 5.10 Å². The molecule has 106 valence electrons. The molecule has 1 amide bonds. The van der Waals surface area contributed by atoms with Crippen LogP contribution in [0.2, 0.25) is 0 Å². The molecule has 0 fully saturated rings. The number of halogens is 2. The van der Waals surface area contributed by atoms with Gasteiger partial charge in [0.15, 0.2) is 0 Å². The average Bonchev–Trinajstić information content (AvgIpc) is 2.77. The number of rotatable bonds is 7. The minimum absolute atomic E-state index is 0. The molecule has 1 atom stereocenters. The Morgan fingerprint density at radius 1 is 1.44 bits per heavy atom. The van der Waals surface area contributed by atoms with E-state index in [2.05, 4.69) is 29.6 Å². The summed E-state index contributed by atoms with van der Waals surface area (Å²) in [5, 5.41) is 10.2. The molecular formula is C11H22Cl2N4O. The summed E-state index contributed by atoms with van der Waals surface area (Å²) in [6.07, 6.45) is 4.04. The van der Waals surface area contributed by atoms with Crippen LogP contribution in [0.1, 0.15) is 20.3 Å². The maximum atomic E-state index is 11.5. The van der Waals surface area contributed by atoms with Gasteiger partial charge in [-0.15, -0.1) is 24.8 Å². The Kier molecular flexibility index (Phi) is 12.3. The van der Waals surface area contributed by atoms with Crippen molar-refractivity contribution in [3.8, 4) is 0 Å². The molecule has 2 N–H and O–H groups in total. The van der Waals surface area contributed by atoms with Crippen LogP contribution in [0.3, 0.4) is 0 Å². The lowest BCUT2D eigenvalue weighted by Crippen LogP contribution is -2.39. The molecule has 0 bridgehead atoms. The van der Waals surface area contributed by atoms with Crippen molar-refractivity contribution in [1.82, 2.24) is 20.4 Å². The Morgan fingerprint density at radius 3 is 2.72 bits per heavy atom. The largest absolute Gasteiger partial charge is 0.354 e. The van der Waals surface area contributed by atoms with Gasteiger partial charge in [0.25, 0.3) is 0 Å². The molecule has 0 aliphatic heterocycles. The van der Waals surface area contributed by atoms with Crippen molar-refractivity contribution in [2.75, 3.05) is 13.1 Å². The summed E-state index contributed by atoms with van der Waals surface area (Å²) < 4.78 is 1.76. The standard InChI is InChI=1S/C11H20N4O.2ClH/c1-3-12-10(2)9-13-11(16)5-8-15-7-4-6-14-15;;/h4,6-7,10,12H,3,5,8-9H2,1-2H3,(H,13,16);2*1H/t10-;;/m1../s1. The van der Waals surface area contributed by atoms with Gasteiger partial charge in [0.1, 0.15) is 0 Å². The van der Waals surface area contributed by atoms with Crippen LogP contribution in [0.4, 0.5) is 0 Å². The smallest absolute Gasteiger partial charge is 0.221 e. The van der Waals surface area contributed by atoms with Crippen LogP contribution in [-0.4, -0.2) is 34.8 Å². The van der Waals surface area contributed by atoms with Gasteiger partial charge >= 0.3 is 0 Å². The lowest BCUT2D eigenvalue weighted by atomic mass is 10.3. The summed E-state index contributed by atoms with van der Waals surface area (Å²) >= 11 is 0. The van der Waals surface area contributed by atoms with Crippen molar-refractivity contribution in [1.29, 1.82) is 0 Å². The summed E-state index contributed by atoms with van der Waals surface area (Å²) in [6, 6.07) is 2.17. The van der Waals surface area contributed by atoms with Crippen LogP contribution in [0.5, 0.6) is 0 Å². The zero-order valence-corrected chi connectivity index (χ0v) is 12.4. The van der Waals surface area contributed by atoms with Gasteiger partial charge in [0.2, 0.25) is 5.91 Å². The second-order valence-corrected chi connectivity index (χ2v) is 3.78. The molecule has 0 aromatic carbocycles. The van der Waals surface area contributed by atoms with Gasteiger partial charge in [0.05, 0.1) is 0 Å². The zero-order chi connectivity index (χ0) is 11.8. The first-order valence-corrected chi connectivity index (χ1v) is 5.70. The Balaban J connectivity index is 0. The van der Waals surface area contributed by atoms with Crippen molar-refractivity contribution in [2.45, 2.75) is 32.9 Å². The number of hydrogen-bond donors (Lipinski definition) is 2. The van der Waals surface area contributed by atoms with Crippen molar-refractivity contribution < 1.29 is 4.79 Å². The molecule has 7 heteroatoms. The van der Waals surface area contributed by atoms with E-state index >= 15 is 0 Å². The number of carbonyl (C=O) groups is 1. The van der Waals surface area contributed by atoms with E-state index in [1.165, 1.54) is 0 Å². The maximum Gasteiger partial charge on any atom is 0.221 e. The van der Waals surface area contributed by atoms with E-state index < -0.39 is 0 Å². The Hall–Kier alpha value is -0.780. The first-order valence-electron chi connectivity index (χ1n) is 5.70. The topological polar surface area (TPSA) is 58.9 Å². The molecule has 0 saturated carbocycles. The molecule has 18 heavy (non-hydrogen) atoms. The second kappa shape index (κ2) is 11.3. The van der Waals surface area contributed by atoms with Gasteiger partial charge in [-0.3, -0.25) is 9.48 Å². The number of hydrogen-bond acceptors (Lipinski definition) is 3. The summed E-state index contributed by atoms with van der Waals surface area (Å²) in [4.78, 5) is 11.5. The molecule has 1 aromatic heterocycles. The fraction of sp³-hybridized carbons (Fsp3) is 0.636. The van der Waals surface area contributed by atoms with Crippen LogP contribution in [-0.2, 0) is 11.3 Å². The van der Waals surface area contributed by atoms with E-state index in [4.69, 9.17) is 0 Å². The Labute approximate surface area is 121 Å². The number of likely N-dealkylation sites (N-methyl/N-ethyl adjacent to an activating group) is 1. The number of carbonyl (C=O) groups excluding carboxylic acids is 1. The second-order valence-electron chi connectivity index (χ2n) is 3.78. The van der Waals surface area contributed by atoms with Gasteiger partial charge in [0, 0.05) is 37.9 Å². The van der Waals surface area contributed by atoms with E-state index in [-0.39, 0.29) is 30.7 Å². The highest BCUT2D eigenvalue weighted by Gasteiger charge is 2.04. The lowest BCUT2D eigenvalue weighted by Gasteiger charge is -2.13. The van der Waals surface area contributed by atoms with Crippen molar-refractivity contribution in [2.24, 2.45) is 0 Å². The molecule has 1 heterocycles. The van der Waals surface area contributed by atoms with E-state index in [1.807, 2.05) is 12.3 Å². The molecule has 1 aromatic rings. The first kappa shape index (κ1) is 19.6. The number of aromatic nitrogens is 2. The molecule has 0 unspecified atom stereocenters. The highest BCUT2D eigenvalue weighted by molar-refractivity contribution is 5.85. The van der Waals surface area contributed by atoms with Crippen LogP contribution < -0.4 is 10.6 Å². The molecule has 5 nitrogen and oxygen atoms in total. The fourth-order valence-corrected chi connectivity index (χ4v) is 1.42. The highest BCUT2D eigenvalue weighted by atomic mass is 35.5. The summed E-state index contributed by atoms with van der Waals surface area (Å²) in [5.74, 6) is 0.0697. The van der Waals surface area contributed by atoms with Crippen LogP contribution in [0.25, 0.3) is 0 Å². The van der Waals surface area contributed by atoms with E-state index in [1.54, 1.807) is 10.9 Å². The Morgan fingerprint density at radius 2 is 2.17 bits per heavy atom. The van der Waals surface area contributed by atoms with E-state index in [9.17, 15) is 4.79 Å². The SMILES string of the molecule is CCN[C@H](C)CNC(=O)CCn1cccn1.Cl.Cl. The van der Waals surface area contributed by atoms with Crippen LogP contribution in [0, 0.1) is 0 Å². The molecule has 0 spiro atoms. The van der Waals surface area contributed by atoms with Gasteiger partial charge in [-0.25, -0.2) is 0 Å². The van der Waals surface area contributed by atoms with Crippen molar-refractivity contribution >= 4 is 30.7 Å². The molecular weight excluding hydrogens is 275 g/mol. The summed E-state index contributed by atoms with van der Waals surface area (Å²) in [7, 11) is 0. The number of nitrogens with one attached hydrogen (secondary N) is 2. The fourth-order valence-electron chi connectivity index (χ4n) is 1.42. The van der Waals surface area contributed by atoms with Gasteiger partial charge in [-0.1, -0.05) is 6.92 Å². The highest BCUT2D eigenvalue weighted by Crippen LogP contribution is 1.89. The minimum atomic E-state index is 0. The molecule has 0 radical (unpaired) electrons. The van der Waals surface area contributed by atoms with E-state index in [0.717, 1.165) is 6.54 Å². The molecule has 0 aliphatic carbocycles. The van der Waals surface area contributed by atoms with E-state index in [0.29, 0.717) is 25.6 Å². The lowest BCUT2D eigenvalue weighted by molar-refractivity contribution is -0.121. The zero-order valence-electron chi connectivity index (χ0n) is 10.8. The van der Waals surface area contributed by atoms with Crippen LogP contribution in [0.15, 0.2) is 18.5 Å². The normalized spacial score (nSPS) is 11.0. The van der Waals surface area contributed by atoms with Crippen LogP contribution >= 0.6 is 24.8 Å². The first-order chi connectivity index (χ1) is 7.72. The average molecular weight is 297 g/mol. The van der Waals surface area contributed by atoms with Gasteiger partial charge in [-0.05, 0) is 19.5 Å². The molecule has 0 aliphatic rings.